The number of halogens is 2. The summed E-state index contributed by atoms with van der Waals surface area (Å²) in [7, 11) is 0. The third kappa shape index (κ3) is 3.45. The largest absolute Gasteiger partial charge is 0.271 e. The van der Waals surface area contributed by atoms with Gasteiger partial charge in [-0.1, -0.05) is 29.3 Å². The van der Waals surface area contributed by atoms with Crippen LogP contribution in [0.4, 0.5) is 0 Å². The number of rotatable bonds is 4. The van der Waals surface area contributed by atoms with Gasteiger partial charge in [-0.05, 0) is 48.2 Å². The van der Waals surface area contributed by atoms with Crippen molar-refractivity contribution >= 4 is 23.2 Å². The van der Waals surface area contributed by atoms with E-state index >= 15 is 0 Å². The van der Waals surface area contributed by atoms with Crippen molar-refractivity contribution < 1.29 is 0 Å². The van der Waals surface area contributed by atoms with Crippen LogP contribution in [0.2, 0.25) is 10.0 Å². The van der Waals surface area contributed by atoms with Gasteiger partial charge < -0.3 is 0 Å². The molecule has 1 aromatic heterocycles. The van der Waals surface area contributed by atoms with Crippen LogP contribution < -0.4 is 11.3 Å². The fraction of sp³-hybridized carbons (Fsp3) is 0.214. The molecule has 2 rings (SSSR count). The summed E-state index contributed by atoms with van der Waals surface area (Å²) in [5, 5.41) is 1.28. The fourth-order valence-electron chi connectivity index (χ4n) is 2.01. The van der Waals surface area contributed by atoms with Crippen LogP contribution in [-0.2, 0) is 6.42 Å². The van der Waals surface area contributed by atoms with Gasteiger partial charge in [-0.15, -0.1) is 0 Å². The topological polar surface area (TPSA) is 50.9 Å². The smallest absolute Gasteiger partial charge is 0.0518 e. The molecule has 0 fully saturated rings. The molecular weight excluding hydrogens is 281 g/mol. The summed E-state index contributed by atoms with van der Waals surface area (Å²) >= 11 is 12.1. The average molecular weight is 296 g/mol. The first-order valence-electron chi connectivity index (χ1n) is 5.92. The first-order valence-corrected chi connectivity index (χ1v) is 6.68. The minimum Gasteiger partial charge on any atom is -0.271 e. The Labute approximate surface area is 122 Å². The monoisotopic (exact) mass is 295 g/mol. The van der Waals surface area contributed by atoms with E-state index in [-0.39, 0.29) is 6.04 Å². The molecule has 0 aliphatic carbocycles. The Hall–Kier alpha value is -1.13. The minimum absolute atomic E-state index is 0.0348. The Morgan fingerprint density at radius 3 is 2.74 bits per heavy atom. The molecule has 0 bridgehead atoms. The normalized spacial score (nSPS) is 12.4. The Morgan fingerprint density at radius 2 is 2.11 bits per heavy atom. The number of nitrogens with two attached hydrogens (primary N) is 1. The van der Waals surface area contributed by atoms with E-state index < -0.39 is 0 Å². The van der Waals surface area contributed by atoms with Gasteiger partial charge >= 0.3 is 0 Å². The molecule has 2 aromatic rings. The van der Waals surface area contributed by atoms with E-state index in [4.69, 9.17) is 29.0 Å². The van der Waals surface area contributed by atoms with Crippen LogP contribution in [0.25, 0.3) is 0 Å². The van der Waals surface area contributed by atoms with Crippen molar-refractivity contribution in [3.05, 3.63) is 63.4 Å². The third-order valence-corrected chi connectivity index (χ3v) is 3.68. The molecule has 1 unspecified atom stereocenters. The molecule has 1 atom stereocenters. The molecule has 0 amide bonds. The molecule has 3 N–H and O–H groups in total. The fourth-order valence-corrected chi connectivity index (χ4v) is 2.49. The van der Waals surface area contributed by atoms with E-state index in [1.54, 1.807) is 12.3 Å². The second kappa shape index (κ2) is 6.35. The summed E-state index contributed by atoms with van der Waals surface area (Å²) in [6.45, 7) is 2.03. The lowest BCUT2D eigenvalue weighted by atomic mass is 9.97. The number of hydrogen-bond acceptors (Lipinski definition) is 3. The molecule has 0 saturated carbocycles. The summed E-state index contributed by atoms with van der Waals surface area (Å²) < 4.78 is 0. The van der Waals surface area contributed by atoms with Gasteiger partial charge in [0.05, 0.1) is 6.04 Å². The van der Waals surface area contributed by atoms with E-state index in [0.717, 1.165) is 16.7 Å². The number of hydrogen-bond donors (Lipinski definition) is 2. The highest BCUT2D eigenvalue weighted by molar-refractivity contribution is 6.35. The highest BCUT2D eigenvalue weighted by Crippen LogP contribution is 2.26. The van der Waals surface area contributed by atoms with Crippen LogP contribution in [0.3, 0.4) is 0 Å². The molecule has 5 heteroatoms. The Bertz CT molecular complexity index is 572. The Balaban J connectivity index is 2.27. The van der Waals surface area contributed by atoms with Gasteiger partial charge in [-0.3, -0.25) is 16.3 Å². The van der Waals surface area contributed by atoms with Crippen molar-refractivity contribution in [2.24, 2.45) is 5.84 Å². The van der Waals surface area contributed by atoms with Crippen molar-refractivity contribution in [3.63, 3.8) is 0 Å². The molecule has 19 heavy (non-hydrogen) atoms. The molecule has 0 aliphatic rings. The maximum absolute atomic E-state index is 6.19. The first kappa shape index (κ1) is 14.3. The standard InChI is InChI=1S/C14H15Cl2N3/c1-9-4-5-18-8-12(9)14(19-17)6-10-2-3-11(15)7-13(10)16/h2-5,7-8,14,19H,6,17H2,1H3. The second-order valence-corrected chi connectivity index (χ2v) is 5.24. The van der Waals surface area contributed by atoms with Crippen molar-refractivity contribution in [2.75, 3.05) is 0 Å². The summed E-state index contributed by atoms with van der Waals surface area (Å²) in [6.07, 6.45) is 4.27. The van der Waals surface area contributed by atoms with Gasteiger partial charge in [0.25, 0.3) is 0 Å². The van der Waals surface area contributed by atoms with Crippen LogP contribution in [0.1, 0.15) is 22.7 Å². The highest BCUT2D eigenvalue weighted by atomic mass is 35.5. The summed E-state index contributed by atoms with van der Waals surface area (Å²) in [6, 6.07) is 7.41. The van der Waals surface area contributed by atoms with E-state index in [1.165, 1.54) is 0 Å². The molecule has 100 valence electrons. The first-order chi connectivity index (χ1) is 9.11. The quantitative estimate of drug-likeness (QED) is 0.671. The molecule has 0 saturated heterocycles. The van der Waals surface area contributed by atoms with Gasteiger partial charge in [0.15, 0.2) is 0 Å². The zero-order valence-corrected chi connectivity index (χ0v) is 12.0. The van der Waals surface area contributed by atoms with Gasteiger partial charge in [0.2, 0.25) is 0 Å². The van der Waals surface area contributed by atoms with E-state index in [2.05, 4.69) is 10.4 Å². The maximum atomic E-state index is 6.19. The van der Waals surface area contributed by atoms with Crippen LogP contribution in [0, 0.1) is 6.92 Å². The maximum Gasteiger partial charge on any atom is 0.0518 e. The van der Waals surface area contributed by atoms with Crippen molar-refractivity contribution in [1.29, 1.82) is 0 Å². The number of pyridine rings is 1. The summed E-state index contributed by atoms with van der Waals surface area (Å²) in [4.78, 5) is 4.14. The van der Waals surface area contributed by atoms with E-state index in [1.807, 2.05) is 31.3 Å². The van der Waals surface area contributed by atoms with Crippen molar-refractivity contribution in [3.8, 4) is 0 Å². The SMILES string of the molecule is Cc1ccncc1C(Cc1ccc(Cl)cc1Cl)NN. The van der Waals surface area contributed by atoms with Gasteiger partial charge in [-0.2, -0.15) is 0 Å². The van der Waals surface area contributed by atoms with Gasteiger partial charge in [0, 0.05) is 22.4 Å². The number of nitrogens with zero attached hydrogens (tertiary/aromatic N) is 1. The number of hydrazine groups is 1. The van der Waals surface area contributed by atoms with Crippen LogP contribution in [0.5, 0.6) is 0 Å². The molecule has 1 heterocycles. The zero-order chi connectivity index (χ0) is 13.8. The average Bonchev–Trinajstić information content (AvgIpc) is 2.39. The predicted molar refractivity (Wildman–Crippen MR) is 79.2 cm³/mol. The van der Waals surface area contributed by atoms with Crippen LogP contribution >= 0.6 is 23.2 Å². The van der Waals surface area contributed by atoms with Gasteiger partial charge in [-0.25, -0.2) is 0 Å². The van der Waals surface area contributed by atoms with Gasteiger partial charge in [0.1, 0.15) is 0 Å². The third-order valence-electron chi connectivity index (χ3n) is 3.10. The second-order valence-electron chi connectivity index (χ2n) is 4.39. The number of nitrogens with one attached hydrogen (secondary N) is 1. The molecule has 0 radical (unpaired) electrons. The van der Waals surface area contributed by atoms with Crippen molar-refractivity contribution in [1.82, 2.24) is 10.4 Å². The number of aryl methyl sites for hydroxylation is 1. The van der Waals surface area contributed by atoms with E-state index in [0.29, 0.717) is 16.5 Å². The lowest BCUT2D eigenvalue weighted by molar-refractivity contribution is 0.547. The zero-order valence-electron chi connectivity index (χ0n) is 10.5. The molecule has 0 spiro atoms. The van der Waals surface area contributed by atoms with E-state index in [9.17, 15) is 0 Å². The van der Waals surface area contributed by atoms with Crippen LogP contribution in [0.15, 0.2) is 36.7 Å². The minimum atomic E-state index is -0.0348. The molecule has 0 aliphatic heterocycles. The number of benzene rings is 1. The Morgan fingerprint density at radius 1 is 1.32 bits per heavy atom. The lowest BCUT2D eigenvalue weighted by Crippen LogP contribution is -2.30. The summed E-state index contributed by atoms with van der Waals surface area (Å²) in [5.74, 6) is 5.65. The Kier molecular flexibility index (Phi) is 4.77. The molecule has 3 nitrogen and oxygen atoms in total. The summed E-state index contributed by atoms with van der Waals surface area (Å²) in [5.41, 5.74) is 6.02. The molecular formula is C14H15Cl2N3. The molecule has 1 aromatic carbocycles. The number of aromatic nitrogens is 1. The predicted octanol–water partition coefficient (Wildman–Crippen LogP) is 3.44. The highest BCUT2D eigenvalue weighted by Gasteiger charge is 2.14. The van der Waals surface area contributed by atoms with Crippen LogP contribution in [-0.4, -0.2) is 4.98 Å². The van der Waals surface area contributed by atoms with Crippen molar-refractivity contribution in [2.45, 2.75) is 19.4 Å². The lowest BCUT2D eigenvalue weighted by Gasteiger charge is -2.18.